The smallest absolute Gasteiger partial charge is 0.338 e. The van der Waals surface area contributed by atoms with Crippen LogP contribution in [0.2, 0.25) is 0 Å². The van der Waals surface area contributed by atoms with Crippen LogP contribution >= 0.6 is 0 Å². The lowest BCUT2D eigenvalue weighted by Crippen LogP contribution is -2.49. The zero-order chi connectivity index (χ0) is 16.9. The summed E-state index contributed by atoms with van der Waals surface area (Å²) in [7, 11) is 3.15. The van der Waals surface area contributed by atoms with Crippen LogP contribution in [0.25, 0.3) is 0 Å². The third-order valence-electron chi connectivity index (χ3n) is 5.24. The van der Waals surface area contributed by atoms with Gasteiger partial charge in [-0.25, -0.2) is 4.79 Å². The predicted octanol–water partition coefficient (Wildman–Crippen LogP) is 3.13. The molecular weight excluding hydrogens is 306 g/mol. The highest BCUT2D eigenvalue weighted by Crippen LogP contribution is 2.31. The van der Waals surface area contributed by atoms with E-state index in [9.17, 15) is 4.79 Å². The zero-order valence-electron chi connectivity index (χ0n) is 14.6. The first-order chi connectivity index (χ1) is 11.7. The third-order valence-corrected chi connectivity index (χ3v) is 5.24. The van der Waals surface area contributed by atoms with Gasteiger partial charge in [-0.3, -0.25) is 4.90 Å². The second-order valence-electron chi connectivity index (χ2n) is 6.70. The van der Waals surface area contributed by atoms with Gasteiger partial charge in [-0.15, -0.1) is 0 Å². The molecule has 0 bridgehead atoms. The van der Waals surface area contributed by atoms with Crippen molar-refractivity contribution in [1.82, 2.24) is 4.90 Å². The van der Waals surface area contributed by atoms with Gasteiger partial charge in [0.15, 0.2) is 0 Å². The number of esters is 1. The molecule has 3 rings (SSSR count). The van der Waals surface area contributed by atoms with Crippen molar-refractivity contribution in [3.05, 3.63) is 23.8 Å². The van der Waals surface area contributed by atoms with Crippen molar-refractivity contribution >= 4 is 5.97 Å². The number of benzene rings is 1. The number of carbonyl (C=O) groups excluding carboxylic acids is 1. The standard InChI is InChI=1S/C19H27NO4/c1-22-16-10-15(11-17(12-16)23-2)19(21)24-13-14-6-5-9-20-8-4-3-7-18(14)20/h10-12,14,18H,3-9,13H2,1-2H3/t14-,18+/m0/s1. The number of hydrogen-bond donors (Lipinski definition) is 0. The van der Waals surface area contributed by atoms with Crippen molar-refractivity contribution in [2.24, 2.45) is 5.92 Å². The molecule has 1 aromatic rings. The van der Waals surface area contributed by atoms with E-state index in [1.807, 2.05) is 0 Å². The highest BCUT2D eigenvalue weighted by Gasteiger charge is 2.33. The number of carbonyl (C=O) groups is 1. The number of fused-ring (bicyclic) bond motifs is 1. The van der Waals surface area contributed by atoms with Crippen LogP contribution in [-0.2, 0) is 4.74 Å². The Labute approximate surface area is 143 Å². The van der Waals surface area contributed by atoms with Crippen LogP contribution in [0.5, 0.6) is 11.5 Å². The molecule has 2 saturated heterocycles. The summed E-state index contributed by atoms with van der Waals surface area (Å²) in [6.07, 6.45) is 6.17. The molecule has 2 heterocycles. The molecule has 0 saturated carbocycles. The molecule has 132 valence electrons. The van der Waals surface area contributed by atoms with E-state index < -0.39 is 0 Å². The Kier molecular flexibility index (Phi) is 5.61. The summed E-state index contributed by atoms with van der Waals surface area (Å²) in [5.74, 6) is 1.34. The fourth-order valence-corrected chi connectivity index (χ4v) is 3.96. The lowest BCUT2D eigenvalue weighted by Gasteiger charge is -2.44. The van der Waals surface area contributed by atoms with Gasteiger partial charge in [0.05, 0.1) is 26.4 Å². The van der Waals surface area contributed by atoms with Crippen molar-refractivity contribution in [3.63, 3.8) is 0 Å². The first-order valence-corrected chi connectivity index (χ1v) is 8.85. The van der Waals surface area contributed by atoms with Crippen molar-refractivity contribution in [2.75, 3.05) is 33.9 Å². The van der Waals surface area contributed by atoms with Crippen molar-refractivity contribution in [2.45, 2.75) is 38.1 Å². The predicted molar refractivity (Wildman–Crippen MR) is 91.8 cm³/mol. The van der Waals surface area contributed by atoms with Gasteiger partial charge in [0, 0.05) is 18.0 Å². The lowest BCUT2D eigenvalue weighted by molar-refractivity contribution is 0.00735. The Morgan fingerprint density at radius 3 is 2.46 bits per heavy atom. The fraction of sp³-hybridized carbons (Fsp3) is 0.632. The van der Waals surface area contributed by atoms with E-state index in [-0.39, 0.29) is 5.97 Å². The quantitative estimate of drug-likeness (QED) is 0.775. The summed E-state index contributed by atoms with van der Waals surface area (Å²) in [5, 5.41) is 0. The van der Waals surface area contributed by atoms with E-state index >= 15 is 0 Å². The number of hydrogen-bond acceptors (Lipinski definition) is 5. The highest BCUT2D eigenvalue weighted by atomic mass is 16.5. The van der Waals surface area contributed by atoms with Crippen LogP contribution < -0.4 is 9.47 Å². The average Bonchev–Trinajstić information content (AvgIpc) is 2.65. The molecule has 0 aliphatic carbocycles. The maximum Gasteiger partial charge on any atom is 0.338 e. The number of ether oxygens (including phenoxy) is 3. The maximum atomic E-state index is 12.4. The van der Waals surface area contributed by atoms with E-state index in [0.717, 1.165) is 6.42 Å². The van der Waals surface area contributed by atoms with Crippen molar-refractivity contribution < 1.29 is 19.0 Å². The topological polar surface area (TPSA) is 48.0 Å². The second-order valence-corrected chi connectivity index (χ2v) is 6.70. The Balaban J connectivity index is 1.62. The molecule has 2 aliphatic rings. The molecule has 1 aromatic carbocycles. The molecule has 0 aromatic heterocycles. The summed E-state index contributed by atoms with van der Waals surface area (Å²) in [6, 6.07) is 5.72. The molecule has 24 heavy (non-hydrogen) atoms. The summed E-state index contributed by atoms with van der Waals surface area (Å²) in [6.45, 7) is 2.89. The molecule has 0 spiro atoms. The monoisotopic (exact) mass is 333 g/mol. The number of rotatable bonds is 5. The van der Waals surface area contributed by atoms with E-state index in [2.05, 4.69) is 4.90 Å². The van der Waals surface area contributed by atoms with Gasteiger partial charge in [-0.05, 0) is 50.9 Å². The van der Waals surface area contributed by atoms with Crippen LogP contribution in [0.3, 0.4) is 0 Å². The van der Waals surface area contributed by atoms with Crippen LogP contribution in [0, 0.1) is 5.92 Å². The Morgan fingerprint density at radius 2 is 1.75 bits per heavy atom. The molecule has 2 atom stereocenters. The Bertz CT molecular complexity index is 550. The van der Waals surface area contributed by atoms with Gasteiger partial charge < -0.3 is 14.2 Å². The first kappa shape index (κ1) is 17.1. The average molecular weight is 333 g/mol. The minimum atomic E-state index is -0.305. The maximum absolute atomic E-state index is 12.4. The summed E-state index contributed by atoms with van der Waals surface area (Å²) < 4.78 is 16.1. The molecule has 5 heteroatoms. The molecule has 2 aliphatic heterocycles. The molecule has 0 amide bonds. The van der Waals surface area contributed by atoms with E-state index in [1.54, 1.807) is 32.4 Å². The number of piperidine rings is 2. The number of nitrogens with zero attached hydrogens (tertiary/aromatic N) is 1. The summed E-state index contributed by atoms with van der Waals surface area (Å²) in [5.41, 5.74) is 0.475. The molecular formula is C19H27NO4. The van der Waals surface area contributed by atoms with E-state index in [4.69, 9.17) is 14.2 Å². The normalized spacial score (nSPS) is 24.1. The van der Waals surface area contributed by atoms with E-state index in [1.165, 1.54) is 38.8 Å². The zero-order valence-corrected chi connectivity index (χ0v) is 14.6. The van der Waals surface area contributed by atoms with Gasteiger partial charge in [0.1, 0.15) is 11.5 Å². The Hall–Kier alpha value is -1.75. The minimum absolute atomic E-state index is 0.305. The van der Waals surface area contributed by atoms with Gasteiger partial charge in [-0.1, -0.05) is 6.42 Å². The fourth-order valence-electron chi connectivity index (χ4n) is 3.96. The van der Waals surface area contributed by atoms with Crippen LogP contribution in [0.4, 0.5) is 0 Å². The molecule has 5 nitrogen and oxygen atoms in total. The van der Waals surface area contributed by atoms with Gasteiger partial charge in [-0.2, -0.15) is 0 Å². The molecule has 2 fully saturated rings. The SMILES string of the molecule is COc1cc(OC)cc(C(=O)OC[C@@H]2CCCN3CCCC[C@H]23)c1. The number of methoxy groups -OCH3 is 2. The Morgan fingerprint density at radius 1 is 1.04 bits per heavy atom. The lowest BCUT2D eigenvalue weighted by atomic mass is 9.84. The molecule has 0 unspecified atom stereocenters. The minimum Gasteiger partial charge on any atom is -0.497 e. The second kappa shape index (κ2) is 7.88. The van der Waals surface area contributed by atoms with Crippen LogP contribution in [-0.4, -0.2) is 50.8 Å². The summed E-state index contributed by atoms with van der Waals surface area (Å²) in [4.78, 5) is 15.0. The highest BCUT2D eigenvalue weighted by molar-refractivity contribution is 5.90. The molecule has 0 N–H and O–H groups in total. The van der Waals surface area contributed by atoms with E-state index in [0.29, 0.717) is 35.6 Å². The van der Waals surface area contributed by atoms with Crippen LogP contribution in [0.1, 0.15) is 42.5 Å². The third kappa shape index (κ3) is 3.83. The van der Waals surface area contributed by atoms with Crippen molar-refractivity contribution in [3.8, 4) is 11.5 Å². The van der Waals surface area contributed by atoms with Gasteiger partial charge in [0.2, 0.25) is 0 Å². The van der Waals surface area contributed by atoms with Gasteiger partial charge >= 0.3 is 5.97 Å². The summed E-state index contributed by atoms with van der Waals surface area (Å²) >= 11 is 0. The first-order valence-electron chi connectivity index (χ1n) is 8.85. The molecule has 0 radical (unpaired) electrons. The van der Waals surface area contributed by atoms with Crippen LogP contribution in [0.15, 0.2) is 18.2 Å². The van der Waals surface area contributed by atoms with Crippen molar-refractivity contribution in [1.29, 1.82) is 0 Å². The van der Waals surface area contributed by atoms with Gasteiger partial charge in [0.25, 0.3) is 0 Å². The largest absolute Gasteiger partial charge is 0.497 e.